The summed E-state index contributed by atoms with van der Waals surface area (Å²) in [6.45, 7) is 4.07. The Morgan fingerprint density at radius 1 is 0.564 bits per heavy atom. The smallest absolute Gasteiger partial charge is 0.394 e. The Bertz CT molecular complexity index is 1820. The summed E-state index contributed by atoms with van der Waals surface area (Å²) in [5.41, 5.74) is 7.00. The number of fused-ring (bicyclic) bond motifs is 7. The molecule has 6 aromatic rings. The molecular weight excluding hydrogens is 503 g/mol. The normalized spacial score (nSPS) is 13.7. The molecule has 0 spiro atoms. The van der Waals surface area contributed by atoms with Crippen LogP contribution in [0.15, 0.2) is 109 Å². The van der Waals surface area contributed by atoms with Gasteiger partial charge in [-0.15, -0.1) is 0 Å². The van der Waals surface area contributed by atoms with Crippen LogP contribution in [0, 0.1) is 13.8 Å². The first kappa shape index (κ1) is 23.7. The van der Waals surface area contributed by atoms with Gasteiger partial charge < -0.3 is 9.05 Å². The van der Waals surface area contributed by atoms with E-state index in [1.165, 1.54) is 0 Å². The first-order valence-electron chi connectivity index (χ1n) is 12.9. The number of rotatable bonds is 2. The van der Waals surface area contributed by atoms with Crippen molar-refractivity contribution < 1.29 is 18.5 Å². The second-order valence-corrected chi connectivity index (χ2v) is 11.4. The molecule has 1 heterocycles. The molecule has 0 saturated heterocycles. The van der Waals surface area contributed by atoms with Crippen LogP contribution in [-0.2, 0) is 4.57 Å². The van der Waals surface area contributed by atoms with Gasteiger partial charge >= 0.3 is 7.82 Å². The van der Waals surface area contributed by atoms with Gasteiger partial charge in [0.1, 0.15) is 11.5 Å². The van der Waals surface area contributed by atoms with Gasteiger partial charge in [-0.2, -0.15) is 0 Å². The maximum atomic E-state index is 13.6. The van der Waals surface area contributed by atoms with E-state index in [1.54, 1.807) is 0 Å². The van der Waals surface area contributed by atoms with Gasteiger partial charge in [0.25, 0.3) is 0 Å². The molecular formula is C34H25O4P. The van der Waals surface area contributed by atoms with Gasteiger partial charge in [-0.25, -0.2) is 4.57 Å². The molecule has 190 valence electrons. The molecule has 5 heteroatoms. The van der Waals surface area contributed by atoms with Crippen molar-refractivity contribution in [1.82, 2.24) is 0 Å². The summed E-state index contributed by atoms with van der Waals surface area (Å²) in [4.78, 5) is 11.1. The fourth-order valence-corrected chi connectivity index (χ4v) is 6.37. The molecule has 4 nitrogen and oxygen atoms in total. The van der Waals surface area contributed by atoms with Crippen LogP contribution in [0.1, 0.15) is 11.1 Å². The van der Waals surface area contributed by atoms with Crippen molar-refractivity contribution in [3.8, 4) is 44.9 Å². The molecule has 1 aliphatic rings. The lowest BCUT2D eigenvalue weighted by Crippen LogP contribution is -2.00. The van der Waals surface area contributed by atoms with Crippen molar-refractivity contribution >= 4 is 29.4 Å². The molecule has 6 aromatic carbocycles. The van der Waals surface area contributed by atoms with Crippen LogP contribution in [0.2, 0.25) is 0 Å². The van der Waals surface area contributed by atoms with Crippen molar-refractivity contribution in [1.29, 1.82) is 0 Å². The van der Waals surface area contributed by atoms with E-state index in [9.17, 15) is 9.46 Å². The third kappa shape index (κ3) is 4.01. The van der Waals surface area contributed by atoms with Crippen LogP contribution in [-0.4, -0.2) is 4.89 Å². The Morgan fingerprint density at radius 2 is 0.949 bits per heavy atom. The maximum Gasteiger partial charge on any atom is 0.584 e. The Balaban J connectivity index is 1.69. The third-order valence-corrected chi connectivity index (χ3v) is 8.22. The van der Waals surface area contributed by atoms with Crippen LogP contribution in [0.4, 0.5) is 0 Å². The van der Waals surface area contributed by atoms with E-state index in [4.69, 9.17) is 9.05 Å². The van der Waals surface area contributed by atoms with Crippen LogP contribution in [0.25, 0.3) is 54.9 Å². The summed E-state index contributed by atoms with van der Waals surface area (Å²) in [7, 11) is -4.56. The zero-order valence-electron chi connectivity index (χ0n) is 21.5. The molecule has 0 radical (unpaired) electrons. The molecule has 0 bridgehead atoms. The van der Waals surface area contributed by atoms with Crippen molar-refractivity contribution in [2.24, 2.45) is 0 Å². The summed E-state index contributed by atoms with van der Waals surface area (Å²) < 4.78 is 25.6. The quantitative estimate of drug-likeness (QED) is 0.227. The molecule has 0 aliphatic carbocycles. The summed E-state index contributed by atoms with van der Waals surface area (Å²) >= 11 is 0. The number of phosphoric acid groups is 1. The fourth-order valence-electron chi connectivity index (χ4n) is 5.49. The highest BCUT2D eigenvalue weighted by Crippen LogP contribution is 2.61. The van der Waals surface area contributed by atoms with Crippen molar-refractivity contribution in [3.05, 3.63) is 120 Å². The molecule has 1 N–H and O–H groups in total. The number of phosphoric ester groups is 1. The molecule has 0 atom stereocenters. The van der Waals surface area contributed by atoms with Gasteiger partial charge in [-0.3, -0.25) is 4.89 Å². The van der Waals surface area contributed by atoms with E-state index in [2.05, 4.69) is 12.1 Å². The molecule has 0 amide bonds. The van der Waals surface area contributed by atoms with E-state index < -0.39 is 7.82 Å². The molecule has 1 aliphatic heterocycles. The highest BCUT2D eigenvalue weighted by atomic mass is 31.2. The fraction of sp³-hybridized carbons (Fsp3) is 0.0588. The van der Waals surface area contributed by atoms with E-state index in [-0.39, 0.29) is 0 Å². The van der Waals surface area contributed by atoms with E-state index >= 15 is 0 Å². The first-order chi connectivity index (χ1) is 18.9. The SMILES string of the molecule is Cc1ccc(-c2cc3ccccc3c3c2OP(=O)(O)Oc2c(-c4ccc(C)cc4)cc4ccccc4c2-3)cc1. The maximum absolute atomic E-state index is 13.6. The van der Waals surface area contributed by atoms with Crippen LogP contribution in [0.3, 0.4) is 0 Å². The van der Waals surface area contributed by atoms with Gasteiger partial charge in [0.05, 0.1) is 0 Å². The molecule has 7 rings (SSSR count). The Morgan fingerprint density at radius 3 is 1.36 bits per heavy atom. The number of benzene rings is 6. The summed E-state index contributed by atoms with van der Waals surface area (Å²) in [6.07, 6.45) is 0. The van der Waals surface area contributed by atoms with E-state index in [1.807, 2.05) is 111 Å². The number of hydrogen-bond acceptors (Lipinski definition) is 3. The lowest BCUT2D eigenvalue weighted by molar-refractivity contribution is 0.295. The summed E-state index contributed by atoms with van der Waals surface area (Å²) in [6, 6.07) is 36.3. The minimum Gasteiger partial charge on any atom is -0.394 e. The van der Waals surface area contributed by atoms with E-state index in [0.29, 0.717) is 11.5 Å². The van der Waals surface area contributed by atoms with Gasteiger partial charge in [0.15, 0.2) is 0 Å². The predicted octanol–water partition coefficient (Wildman–Crippen LogP) is 9.48. The second-order valence-electron chi connectivity index (χ2n) is 10.1. The molecule has 0 saturated carbocycles. The Labute approximate surface area is 226 Å². The zero-order chi connectivity index (χ0) is 26.7. The van der Waals surface area contributed by atoms with Crippen LogP contribution >= 0.6 is 7.82 Å². The van der Waals surface area contributed by atoms with Gasteiger partial charge in [-0.05, 0) is 58.7 Å². The minimum atomic E-state index is -4.56. The lowest BCUT2D eigenvalue weighted by Gasteiger charge is -2.18. The standard InChI is InChI=1S/C34H25O4P/c1-21-11-15-23(16-12-21)29-19-25-7-3-5-9-27(25)31-32-28-10-6-4-8-26(28)20-30(24-17-13-22(2)14-18-24)34(32)38-39(35,36)37-33(29)31/h3-20H,1-2H3,(H,35,36). The van der Waals surface area contributed by atoms with Crippen LogP contribution in [0.5, 0.6) is 11.5 Å². The van der Waals surface area contributed by atoms with Gasteiger partial charge in [0, 0.05) is 22.3 Å². The number of hydrogen-bond donors (Lipinski definition) is 1. The summed E-state index contributed by atoms with van der Waals surface area (Å²) in [5.74, 6) is 0.682. The third-order valence-electron chi connectivity index (χ3n) is 7.39. The van der Waals surface area contributed by atoms with Gasteiger partial charge in [-0.1, -0.05) is 108 Å². The molecule has 0 unspecified atom stereocenters. The zero-order valence-corrected chi connectivity index (χ0v) is 22.4. The average molecular weight is 529 g/mol. The van der Waals surface area contributed by atoms with Crippen molar-refractivity contribution in [3.63, 3.8) is 0 Å². The van der Waals surface area contributed by atoms with Crippen LogP contribution < -0.4 is 9.05 Å². The minimum absolute atomic E-state index is 0.341. The largest absolute Gasteiger partial charge is 0.584 e. The average Bonchev–Trinajstić information content (AvgIpc) is 3.06. The van der Waals surface area contributed by atoms with E-state index in [0.717, 1.165) is 66.1 Å². The Kier molecular flexibility index (Phi) is 5.38. The highest BCUT2D eigenvalue weighted by Gasteiger charge is 2.37. The highest BCUT2D eigenvalue weighted by molar-refractivity contribution is 7.48. The molecule has 0 fully saturated rings. The van der Waals surface area contributed by atoms with Crippen molar-refractivity contribution in [2.75, 3.05) is 0 Å². The summed E-state index contributed by atoms with van der Waals surface area (Å²) in [5, 5.41) is 3.84. The monoisotopic (exact) mass is 528 g/mol. The van der Waals surface area contributed by atoms with Gasteiger partial charge in [0.2, 0.25) is 0 Å². The topological polar surface area (TPSA) is 55.8 Å². The van der Waals surface area contributed by atoms with Crippen molar-refractivity contribution in [2.45, 2.75) is 13.8 Å². The Hall–Kier alpha value is -4.37. The second kappa shape index (κ2) is 8.84. The number of aryl methyl sites for hydroxylation is 2. The molecule has 39 heavy (non-hydrogen) atoms. The lowest BCUT2D eigenvalue weighted by atomic mass is 9.86. The molecule has 0 aromatic heterocycles. The predicted molar refractivity (Wildman–Crippen MR) is 158 cm³/mol. The first-order valence-corrected chi connectivity index (χ1v) is 14.4.